The molecular weight excluding hydrogens is 414 g/mol. The summed E-state index contributed by atoms with van der Waals surface area (Å²) in [6, 6.07) is 10.6. The second-order valence-corrected chi connectivity index (χ2v) is 9.28. The third kappa shape index (κ3) is 4.36. The molecule has 7 heteroatoms. The number of aromatic nitrogens is 3. The van der Waals surface area contributed by atoms with Gasteiger partial charge in [-0.2, -0.15) is 0 Å². The van der Waals surface area contributed by atoms with Crippen molar-refractivity contribution in [2.75, 3.05) is 24.5 Å². The number of fused-ring (bicyclic) bond motifs is 1. The summed E-state index contributed by atoms with van der Waals surface area (Å²) in [7, 11) is 0. The molecule has 1 fully saturated rings. The zero-order valence-electron chi connectivity index (χ0n) is 19.7. The number of likely N-dealkylation sites (tertiary alicyclic amines) is 1. The first kappa shape index (κ1) is 21.6. The molecule has 1 aromatic carbocycles. The third-order valence-electron chi connectivity index (χ3n) is 7.00. The number of anilines is 1. The lowest BCUT2D eigenvalue weighted by molar-refractivity contribution is -0.129. The molecule has 3 aromatic rings. The highest BCUT2D eigenvalue weighted by Crippen LogP contribution is 2.32. The van der Waals surface area contributed by atoms with Crippen LogP contribution in [0.15, 0.2) is 34.9 Å². The number of carbonyl (C=O) groups is 1. The van der Waals surface area contributed by atoms with E-state index in [1.165, 1.54) is 11.1 Å². The molecule has 1 atom stereocenters. The Kier molecular flexibility index (Phi) is 5.87. The number of carbonyl (C=O) groups excluding carboxylic acids is 1. The van der Waals surface area contributed by atoms with E-state index in [1.54, 1.807) is 0 Å². The van der Waals surface area contributed by atoms with Crippen LogP contribution in [-0.4, -0.2) is 45.6 Å². The Morgan fingerprint density at radius 2 is 1.91 bits per heavy atom. The Balaban J connectivity index is 1.33. The summed E-state index contributed by atoms with van der Waals surface area (Å²) in [6.45, 7) is 9.11. The normalized spacial score (nSPS) is 18.0. The number of aryl methyl sites for hydroxylation is 3. The van der Waals surface area contributed by atoms with Gasteiger partial charge in [0.05, 0.1) is 12.1 Å². The van der Waals surface area contributed by atoms with E-state index in [1.807, 2.05) is 18.7 Å². The highest BCUT2D eigenvalue weighted by atomic mass is 16.5. The maximum absolute atomic E-state index is 13.0. The van der Waals surface area contributed by atoms with Gasteiger partial charge in [0, 0.05) is 48.9 Å². The Morgan fingerprint density at radius 3 is 2.67 bits per heavy atom. The molecule has 1 saturated heterocycles. The molecule has 2 aliphatic heterocycles. The smallest absolute Gasteiger partial charge is 0.227 e. The molecule has 2 aromatic heterocycles. The summed E-state index contributed by atoms with van der Waals surface area (Å²) in [5.74, 6) is 2.96. The lowest BCUT2D eigenvalue weighted by Gasteiger charge is -2.31. The monoisotopic (exact) mass is 445 g/mol. The molecule has 7 nitrogen and oxygen atoms in total. The summed E-state index contributed by atoms with van der Waals surface area (Å²) in [4.78, 5) is 27.3. The van der Waals surface area contributed by atoms with Gasteiger partial charge in [-0.05, 0) is 45.6 Å². The van der Waals surface area contributed by atoms with E-state index in [9.17, 15) is 4.79 Å². The summed E-state index contributed by atoms with van der Waals surface area (Å²) in [6.07, 6.45) is 3.38. The van der Waals surface area contributed by atoms with Gasteiger partial charge in [-0.15, -0.1) is 0 Å². The number of hydrogen-bond acceptors (Lipinski definition) is 6. The van der Waals surface area contributed by atoms with Gasteiger partial charge in [0.2, 0.25) is 5.91 Å². The summed E-state index contributed by atoms with van der Waals surface area (Å²) in [5.41, 5.74) is 5.34. The largest absolute Gasteiger partial charge is 0.361 e. The first-order valence-electron chi connectivity index (χ1n) is 11.9. The molecule has 0 saturated carbocycles. The Bertz CT molecular complexity index is 1140. The molecule has 0 unspecified atom stereocenters. The first-order chi connectivity index (χ1) is 16.0. The zero-order valence-corrected chi connectivity index (χ0v) is 19.7. The fraction of sp³-hybridized carbons (Fsp3) is 0.462. The van der Waals surface area contributed by atoms with Crippen LogP contribution in [0, 0.1) is 20.8 Å². The van der Waals surface area contributed by atoms with E-state index in [4.69, 9.17) is 14.5 Å². The number of rotatable bonds is 5. The van der Waals surface area contributed by atoms with Gasteiger partial charge < -0.3 is 14.3 Å². The number of nitrogens with zero attached hydrogens (tertiary/aromatic N) is 5. The molecule has 172 valence electrons. The van der Waals surface area contributed by atoms with Crippen LogP contribution < -0.4 is 4.90 Å². The van der Waals surface area contributed by atoms with Gasteiger partial charge in [0.25, 0.3) is 0 Å². The van der Waals surface area contributed by atoms with Crippen LogP contribution in [0.3, 0.4) is 0 Å². The Morgan fingerprint density at radius 1 is 1.09 bits per heavy atom. The SMILES string of the molecule is Cc1nc([C@H]2CCN(C(=O)Cc3c(C)noc3C)C2)nc2c1CCCN2Cc1ccccc1. The number of amides is 1. The zero-order chi connectivity index (χ0) is 22.9. The topological polar surface area (TPSA) is 75.4 Å². The van der Waals surface area contributed by atoms with E-state index < -0.39 is 0 Å². The van der Waals surface area contributed by atoms with Gasteiger partial charge in [-0.25, -0.2) is 9.97 Å². The summed E-state index contributed by atoms with van der Waals surface area (Å²) in [5, 5.41) is 3.98. The van der Waals surface area contributed by atoms with Crippen LogP contribution in [0.5, 0.6) is 0 Å². The molecule has 33 heavy (non-hydrogen) atoms. The molecule has 4 heterocycles. The van der Waals surface area contributed by atoms with E-state index in [2.05, 4.69) is 47.3 Å². The molecule has 1 amide bonds. The minimum absolute atomic E-state index is 0.118. The molecule has 0 N–H and O–H groups in total. The minimum atomic E-state index is 0.118. The number of benzene rings is 1. The molecule has 5 rings (SSSR count). The minimum Gasteiger partial charge on any atom is -0.361 e. The van der Waals surface area contributed by atoms with E-state index in [-0.39, 0.29) is 11.8 Å². The van der Waals surface area contributed by atoms with Crippen molar-refractivity contribution in [3.05, 3.63) is 70.0 Å². The first-order valence-corrected chi connectivity index (χ1v) is 11.9. The standard InChI is InChI=1S/C26H31N5O2/c1-17-22-10-7-12-31(15-20-8-5-4-6-9-20)26(22)28-25(27-17)21-11-13-30(16-21)24(32)14-23-18(2)29-33-19(23)3/h4-6,8-9,21H,7,10-16H2,1-3H3/t21-/m0/s1. The number of hydrogen-bond donors (Lipinski definition) is 0. The fourth-order valence-electron chi connectivity index (χ4n) is 5.06. The average molecular weight is 446 g/mol. The van der Waals surface area contributed by atoms with Crippen molar-refractivity contribution in [2.45, 2.75) is 58.9 Å². The maximum atomic E-state index is 13.0. The molecule has 2 aliphatic rings. The Hall–Kier alpha value is -3.22. The quantitative estimate of drug-likeness (QED) is 0.593. The molecule has 0 spiro atoms. The van der Waals surface area contributed by atoms with Crippen molar-refractivity contribution < 1.29 is 9.32 Å². The predicted molar refractivity (Wildman–Crippen MR) is 126 cm³/mol. The highest BCUT2D eigenvalue weighted by Gasteiger charge is 2.32. The Labute approximate surface area is 194 Å². The third-order valence-corrected chi connectivity index (χ3v) is 7.00. The van der Waals surface area contributed by atoms with E-state index >= 15 is 0 Å². The molecular formula is C26H31N5O2. The van der Waals surface area contributed by atoms with Crippen LogP contribution in [0.1, 0.15) is 58.4 Å². The maximum Gasteiger partial charge on any atom is 0.227 e. The van der Waals surface area contributed by atoms with E-state index in [0.29, 0.717) is 13.0 Å². The van der Waals surface area contributed by atoms with Crippen molar-refractivity contribution in [3.63, 3.8) is 0 Å². The van der Waals surface area contributed by atoms with Gasteiger partial charge >= 0.3 is 0 Å². The molecule has 0 aliphatic carbocycles. The lowest BCUT2D eigenvalue weighted by atomic mass is 10.0. The van der Waals surface area contributed by atoms with Crippen molar-refractivity contribution in [1.82, 2.24) is 20.0 Å². The van der Waals surface area contributed by atoms with Crippen molar-refractivity contribution >= 4 is 11.7 Å². The summed E-state index contributed by atoms with van der Waals surface area (Å²) < 4.78 is 5.22. The van der Waals surface area contributed by atoms with E-state index in [0.717, 1.165) is 73.3 Å². The van der Waals surface area contributed by atoms with Gasteiger partial charge in [0.15, 0.2) is 0 Å². The van der Waals surface area contributed by atoms with Crippen LogP contribution >= 0.6 is 0 Å². The van der Waals surface area contributed by atoms with Crippen molar-refractivity contribution in [3.8, 4) is 0 Å². The summed E-state index contributed by atoms with van der Waals surface area (Å²) >= 11 is 0. The second-order valence-electron chi connectivity index (χ2n) is 9.28. The predicted octanol–water partition coefficient (Wildman–Crippen LogP) is 3.90. The van der Waals surface area contributed by atoms with Crippen LogP contribution in [-0.2, 0) is 24.2 Å². The van der Waals surface area contributed by atoms with Gasteiger partial charge in [-0.3, -0.25) is 4.79 Å². The van der Waals surface area contributed by atoms with Crippen LogP contribution in [0.25, 0.3) is 0 Å². The van der Waals surface area contributed by atoms with Crippen molar-refractivity contribution in [1.29, 1.82) is 0 Å². The molecule has 0 bridgehead atoms. The fourth-order valence-corrected chi connectivity index (χ4v) is 5.06. The van der Waals surface area contributed by atoms with Crippen molar-refractivity contribution in [2.24, 2.45) is 0 Å². The average Bonchev–Trinajstić information content (AvgIpc) is 3.43. The lowest BCUT2D eigenvalue weighted by Crippen LogP contribution is -2.32. The van der Waals surface area contributed by atoms with Crippen LogP contribution in [0.4, 0.5) is 5.82 Å². The van der Waals surface area contributed by atoms with Gasteiger partial charge in [0.1, 0.15) is 17.4 Å². The second kappa shape index (κ2) is 8.96. The van der Waals surface area contributed by atoms with Crippen LogP contribution in [0.2, 0.25) is 0 Å². The molecule has 0 radical (unpaired) electrons. The highest BCUT2D eigenvalue weighted by molar-refractivity contribution is 5.79. The van der Waals surface area contributed by atoms with Gasteiger partial charge in [-0.1, -0.05) is 35.5 Å².